The van der Waals surface area contributed by atoms with Crippen molar-refractivity contribution in [3.05, 3.63) is 76.3 Å². The van der Waals surface area contributed by atoms with Crippen LogP contribution < -0.4 is 10.3 Å². The maximum Gasteiger partial charge on any atom is 0.197 e. The Balaban J connectivity index is 2.06. The molecule has 0 atom stereocenters. The Morgan fingerprint density at radius 2 is 1.71 bits per heavy atom. The molecule has 7 heteroatoms. The number of hydrogen-bond donors (Lipinski definition) is 2. The summed E-state index contributed by atoms with van der Waals surface area (Å²) in [6.07, 6.45) is 0.704. The number of nitrogens with one attached hydrogen (secondary N) is 1. The lowest BCUT2D eigenvalue weighted by molar-refractivity contribution is 0.356. The summed E-state index contributed by atoms with van der Waals surface area (Å²) in [5.74, 6) is -1.43. The van der Waals surface area contributed by atoms with Crippen molar-refractivity contribution in [1.82, 2.24) is 0 Å². The highest BCUT2D eigenvalue weighted by atomic mass is 35.5. The molecule has 2 N–H and O–H groups in total. The van der Waals surface area contributed by atoms with Crippen molar-refractivity contribution in [3.63, 3.8) is 0 Å². The van der Waals surface area contributed by atoms with E-state index in [1.807, 2.05) is 26.8 Å². The molecular formula is C24H21ClF2N2O2. The molecular weight excluding hydrogens is 422 g/mol. The Morgan fingerprint density at radius 1 is 1.06 bits per heavy atom. The maximum atomic E-state index is 13.8. The van der Waals surface area contributed by atoms with Crippen molar-refractivity contribution in [2.75, 3.05) is 5.48 Å². The van der Waals surface area contributed by atoms with Crippen LogP contribution in [-0.4, -0.2) is 5.11 Å². The average molecular weight is 443 g/mol. The highest BCUT2D eigenvalue weighted by Gasteiger charge is 2.26. The van der Waals surface area contributed by atoms with Gasteiger partial charge in [0.1, 0.15) is 11.6 Å². The van der Waals surface area contributed by atoms with Gasteiger partial charge < -0.3 is 9.94 Å². The number of nitrogens with zero attached hydrogens (tertiary/aromatic N) is 1. The quantitative estimate of drug-likeness (QED) is 0.405. The largest absolute Gasteiger partial charge is 0.504 e. The maximum absolute atomic E-state index is 13.8. The van der Waals surface area contributed by atoms with E-state index in [0.29, 0.717) is 34.4 Å². The van der Waals surface area contributed by atoms with E-state index in [4.69, 9.17) is 21.7 Å². The smallest absolute Gasteiger partial charge is 0.197 e. The van der Waals surface area contributed by atoms with Crippen LogP contribution in [0.4, 0.5) is 14.5 Å². The van der Waals surface area contributed by atoms with Gasteiger partial charge in [-0.2, -0.15) is 5.26 Å². The van der Waals surface area contributed by atoms with Crippen LogP contribution in [0.3, 0.4) is 0 Å². The van der Waals surface area contributed by atoms with Gasteiger partial charge in [-0.25, -0.2) is 14.3 Å². The van der Waals surface area contributed by atoms with Crippen molar-refractivity contribution in [2.45, 2.75) is 32.6 Å². The first-order valence-corrected chi connectivity index (χ1v) is 9.99. The molecule has 0 aliphatic rings. The molecule has 160 valence electrons. The van der Waals surface area contributed by atoms with Gasteiger partial charge in [0.05, 0.1) is 22.3 Å². The van der Waals surface area contributed by atoms with Crippen molar-refractivity contribution in [1.29, 1.82) is 5.26 Å². The number of nitriles is 1. The zero-order chi connectivity index (χ0) is 22.8. The van der Waals surface area contributed by atoms with E-state index >= 15 is 0 Å². The van der Waals surface area contributed by atoms with Crippen LogP contribution in [0, 0.1) is 23.0 Å². The van der Waals surface area contributed by atoms with E-state index in [0.717, 1.165) is 6.07 Å². The van der Waals surface area contributed by atoms with Crippen molar-refractivity contribution in [2.24, 2.45) is 0 Å². The van der Waals surface area contributed by atoms with Gasteiger partial charge in [0.15, 0.2) is 11.5 Å². The SMILES string of the molecule is CCC(C)(C)c1cc(-c2cc(F)cc(F)c2)cc(ONc2ccc(C#N)cc2Cl)c1O. The fourth-order valence-corrected chi connectivity index (χ4v) is 3.28. The summed E-state index contributed by atoms with van der Waals surface area (Å²) in [6, 6.07) is 13.0. The summed E-state index contributed by atoms with van der Waals surface area (Å²) in [5.41, 5.74) is 4.38. The Morgan fingerprint density at radius 3 is 2.29 bits per heavy atom. The highest BCUT2D eigenvalue weighted by molar-refractivity contribution is 6.33. The van der Waals surface area contributed by atoms with Gasteiger partial charge in [0.25, 0.3) is 0 Å². The summed E-state index contributed by atoms with van der Waals surface area (Å²) < 4.78 is 27.6. The average Bonchev–Trinajstić information content (AvgIpc) is 2.72. The summed E-state index contributed by atoms with van der Waals surface area (Å²) >= 11 is 6.16. The molecule has 0 aliphatic heterocycles. The predicted octanol–water partition coefficient (Wildman–Crippen LogP) is 6.96. The van der Waals surface area contributed by atoms with Crippen LogP contribution in [0.2, 0.25) is 5.02 Å². The number of aromatic hydroxyl groups is 1. The summed E-state index contributed by atoms with van der Waals surface area (Å²) in [7, 11) is 0. The van der Waals surface area contributed by atoms with Gasteiger partial charge in [-0.3, -0.25) is 0 Å². The normalized spacial score (nSPS) is 11.1. The minimum atomic E-state index is -0.704. The third kappa shape index (κ3) is 4.89. The van der Waals surface area contributed by atoms with Gasteiger partial charge in [-0.1, -0.05) is 32.4 Å². The van der Waals surface area contributed by atoms with Crippen LogP contribution >= 0.6 is 11.6 Å². The van der Waals surface area contributed by atoms with E-state index in [-0.39, 0.29) is 16.5 Å². The first-order valence-electron chi connectivity index (χ1n) is 9.61. The lowest BCUT2D eigenvalue weighted by Gasteiger charge is -2.26. The topological polar surface area (TPSA) is 65.3 Å². The molecule has 3 aromatic rings. The van der Waals surface area contributed by atoms with Gasteiger partial charge in [0, 0.05) is 11.6 Å². The van der Waals surface area contributed by atoms with Crippen LogP contribution in [0.15, 0.2) is 48.5 Å². The summed E-state index contributed by atoms with van der Waals surface area (Å²) in [6.45, 7) is 5.88. The first-order chi connectivity index (χ1) is 14.6. The Hall–Kier alpha value is -3.30. The Labute approximate surface area is 184 Å². The molecule has 0 amide bonds. The molecule has 3 rings (SSSR count). The molecule has 0 unspecified atom stereocenters. The molecule has 0 radical (unpaired) electrons. The number of anilines is 1. The molecule has 0 saturated carbocycles. The summed E-state index contributed by atoms with van der Waals surface area (Å²) in [4.78, 5) is 5.63. The molecule has 3 aromatic carbocycles. The van der Waals surface area contributed by atoms with E-state index in [2.05, 4.69) is 5.48 Å². The fourth-order valence-electron chi connectivity index (χ4n) is 3.06. The number of phenolic OH excluding ortho intramolecular Hbond substituents is 1. The molecule has 0 aromatic heterocycles. The standard InChI is InChI=1S/C24H21ClF2N2O2/c1-4-24(2,3)19-10-16(15-8-17(26)12-18(27)9-15)11-22(23(19)30)31-29-21-6-5-14(13-28)7-20(21)25/h5-12,29-30H,4H2,1-3H3. The highest BCUT2D eigenvalue weighted by Crippen LogP contribution is 2.43. The predicted molar refractivity (Wildman–Crippen MR) is 117 cm³/mol. The minimum Gasteiger partial charge on any atom is -0.504 e. The second-order valence-corrected chi connectivity index (χ2v) is 8.18. The number of hydrogen-bond acceptors (Lipinski definition) is 4. The van der Waals surface area contributed by atoms with Crippen LogP contribution in [0.25, 0.3) is 11.1 Å². The van der Waals surface area contributed by atoms with Crippen molar-refractivity contribution >= 4 is 17.3 Å². The van der Waals surface area contributed by atoms with Gasteiger partial charge >= 0.3 is 0 Å². The van der Waals surface area contributed by atoms with Gasteiger partial charge in [-0.15, -0.1) is 0 Å². The zero-order valence-electron chi connectivity index (χ0n) is 17.3. The molecule has 4 nitrogen and oxygen atoms in total. The molecule has 0 heterocycles. The Kier molecular flexibility index (Phi) is 6.37. The third-order valence-corrected chi connectivity index (χ3v) is 5.57. The number of halogens is 3. The van der Waals surface area contributed by atoms with E-state index in [1.54, 1.807) is 18.2 Å². The fraction of sp³-hybridized carbons (Fsp3) is 0.208. The van der Waals surface area contributed by atoms with Crippen LogP contribution in [0.1, 0.15) is 38.3 Å². The van der Waals surface area contributed by atoms with E-state index < -0.39 is 17.0 Å². The second kappa shape index (κ2) is 8.83. The molecule has 0 bridgehead atoms. The van der Waals surface area contributed by atoms with Crippen molar-refractivity contribution in [3.8, 4) is 28.7 Å². The number of phenols is 1. The lowest BCUT2D eigenvalue weighted by atomic mass is 9.80. The molecule has 0 fully saturated rings. The van der Waals surface area contributed by atoms with E-state index in [1.165, 1.54) is 24.3 Å². The van der Waals surface area contributed by atoms with Gasteiger partial charge in [-0.05, 0) is 65.4 Å². The number of rotatable bonds is 6. The molecule has 31 heavy (non-hydrogen) atoms. The molecule has 0 aliphatic carbocycles. The number of benzene rings is 3. The van der Waals surface area contributed by atoms with Crippen LogP contribution in [-0.2, 0) is 5.41 Å². The third-order valence-electron chi connectivity index (χ3n) is 5.25. The minimum absolute atomic E-state index is 0.0686. The first kappa shape index (κ1) is 22.4. The van der Waals surface area contributed by atoms with E-state index in [9.17, 15) is 13.9 Å². The van der Waals surface area contributed by atoms with Gasteiger partial charge in [0.2, 0.25) is 0 Å². The lowest BCUT2D eigenvalue weighted by Crippen LogP contribution is -2.17. The molecule has 0 saturated heterocycles. The molecule has 0 spiro atoms. The van der Waals surface area contributed by atoms with Crippen molar-refractivity contribution < 1.29 is 18.7 Å². The summed E-state index contributed by atoms with van der Waals surface area (Å²) in [5, 5.41) is 20.1. The zero-order valence-corrected chi connectivity index (χ0v) is 18.0. The van der Waals surface area contributed by atoms with Crippen LogP contribution in [0.5, 0.6) is 11.5 Å². The monoisotopic (exact) mass is 442 g/mol. The Bertz CT molecular complexity index is 1150. The second-order valence-electron chi connectivity index (χ2n) is 7.78.